The van der Waals surface area contributed by atoms with Gasteiger partial charge in [-0.1, -0.05) is 25.9 Å². The van der Waals surface area contributed by atoms with E-state index in [9.17, 15) is 9.59 Å². The number of aromatic nitrogens is 4. The molecular weight excluding hydrogens is 372 g/mol. The van der Waals surface area contributed by atoms with Crippen molar-refractivity contribution in [1.82, 2.24) is 19.9 Å². The van der Waals surface area contributed by atoms with E-state index in [0.717, 1.165) is 5.69 Å². The summed E-state index contributed by atoms with van der Waals surface area (Å²) in [6.45, 7) is 6.05. The Bertz CT molecular complexity index is 998. The van der Waals surface area contributed by atoms with Gasteiger partial charge in [0, 0.05) is 30.1 Å². The second-order valence-corrected chi connectivity index (χ2v) is 7.72. The first kappa shape index (κ1) is 20.2. The third kappa shape index (κ3) is 5.28. The zero-order valence-corrected chi connectivity index (χ0v) is 16.7. The average Bonchev–Trinajstić information content (AvgIpc) is 3.32. The van der Waals surface area contributed by atoms with Gasteiger partial charge in [-0.25, -0.2) is 4.68 Å². The standard InChI is InChI=1S/C20H24N6O3/c1-20(2,3)19-23-17(29-25-19)6-4-5-16(27)22-13-7-9-14(10-8-13)26-12-11-15(24-26)18(21)28/h7-12H,4-6H2,1-3H3,(H2,21,28)(H,22,27). The smallest absolute Gasteiger partial charge is 0.269 e. The highest BCUT2D eigenvalue weighted by Gasteiger charge is 2.20. The number of hydrogen-bond acceptors (Lipinski definition) is 6. The molecule has 0 unspecified atom stereocenters. The van der Waals surface area contributed by atoms with E-state index in [1.54, 1.807) is 41.2 Å². The molecule has 29 heavy (non-hydrogen) atoms. The summed E-state index contributed by atoms with van der Waals surface area (Å²) in [5, 5.41) is 10.9. The Hall–Kier alpha value is -3.49. The van der Waals surface area contributed by atoms with Crippen molar-refractivity contribution < 1.29 is 14.1 Å². The van der Waals surface area contributed by atoms with Crippen LogP contribution in [0.15, 0.2) is 41.1 Å². The van der Waals surface area contributed by atoms with Gasteiger partial charge in [-0.2, -0.15) is 10.1 Å². The summed E-state index contributed by atoms with van der Waals surface area (Å²) in [5.74, 6) is 0.532. The van der Waals surface area contributed by atoms with Crippen molar-refractivity contribution in [3.63, 3.8) is 0 Å². The minimum Gasteiger partial charge on any atom is -0.364 e. The van der Waals surface area contributed by atoms with Crippen LogP contribution in [0.3, 0.4) is 0 Å². The van der Waals surface area contributed by atoms with E-state index < -0.39 is 5.91 Å². The highest BCUT2D eigenvalue weighted by Crippen LogP contribution is 2.19. The number of aryl methyl sites for hydroxylation is 1. The normalized spacial score (nSPS) is 11.4. The van der Waals surface area contributed by atoms with Crippen molar-refractivity contribution >= 4 is 17.5 Å². The number of primary amides is 1. The van der Waals surface area contributed by atoms with Gasteiger partial charge in [-0.05, 0) is 36.8 Å². The van der Waals surface area contributed by atoms with Crippen LogP contribution in [0.2, 0.25) is 0 Å². The predicted octanol–water partition coefficient (Wildman–Crippen LogP) is 2.61. The second kappa shape index (κ2) is 8.26. The molecule has 0 bridgehead atoms. The Morgan fingerprint density at radius 2 is 1.90 bits per heavy atom. The number of benzene rings is 1. The molecule has 2 heterocycles. The molecule has 152 valence electrons. The van der Waals surface area contributed by atoms with E-state index in [0.29, 0.717) is 36.7 Å². The maximum atomic E-state index is 12.2. The van der Waals surface area contributed by atoms with Crippen LogP contribution < -0.4 is 11.1 Å². The molecule has 0 radical (unpaired) electrons. The minimum absolute atomic E-state index is 0.0941. The predicted molar refractivity (Wildman–Crippen MR) is 107 cm³/mol. The summed E-state index contributed by atoms with van der Waals surface area (Å²) in [5.41, 5.74) is 6.66. The molecule has 0 aliphatic carbocycles. The van der Waals surface area contributed by atoms with E-state index in [-0.39, 0.29) is 17.0 Å². The van der Waals surface area contributed by atoms with Crippen LogP contribution in [-0.2, 0) is 16.6 Å². The molecule has 0 saturated carbocycles. The van der Waals surface area contributed by atoms with Crippen molar-refractivity contribution in [2.24, 2.45) is 5.73 Å². The largest absolute Gasteiger partial charge is 0.364 e. The molecule has 0 spiro atoms. The molecule has 0 fully saturated rings. The summed E-state index contributed by atoms with van der Waals surface area (Å²) < 4.78 is 6.78. The Labute approximate surface area is 168 Å². The quantitative estimate of drug-likeness (QED) is 0.631. The van der Waals surface area contributed by atoms with Crippen LogP contribution in [-0.4, -0.2) is 31.7 Å². The van der Waals surface area contributed by atoms with Gasteiger partial charge in [0.15, 0.2) is 5.82 Å². The molecule has 2 aromatic heterocycles. The van der Waals surface area contributed by atoms with Gasteiger partial charge in [0.05, 0.1) is 5.69 Å². The number of anilines is 1. The summed E-state index contributed by atoms with van der Waals surface area (Å²) in [6, 6.07) is 8.67. The zero-order valence-electron chi connectivity index (χ0n) is 16.7. The molecule has 9 heteroatoms. The van der Waals surface area contributed by atoms with Gasteiger partial charge in [-0.3, -0.25) is 9.59 Å². The molecule has 2 amide bonds. The molecule has 3 N–H and O–H groups in total. The van der Waals surface area contributed by atoms with Gasteiger partial charge in [0.1, 0.15) is 5.69 Å². The lowest BCUT2D eigenvalue weighted by molar-refractivity contribution is -0.116. The van der Waals surface area contributed by atoms with E-state index in [4.69, 9.17) is 10.3 Å². The Morgan fingerprint density at radius 3 is 2.48 bits per heavy atom. The first-order valence-electron chi connectivity index (χ1n) is 9.31. The molecular formula is C20H24N6O3. The maximum absolute atomic E-state index is 12.2. The topological polar surface area (TPSA) is 129 Å². The van der Waals surface area contributed by atoms with Gasteiger partial charge < -0.3 is 15.6 Å². The Balaban J connectivity index is 1.49. The van der Waals surface area contributed by atoms with Gasteiger partial charge in [0.2, 0.25) is 11.8 Å². The molecule has 0 aliphatic rings. The number of nitrogens with two attached hydrogens (primary N) is 1. The summed E-state index contributed by atoms with van der Waals surface area (Å²) in [7, 11) is 0. The molecule has 3 aromatic rings. The highest BCUT2D eigenvalue weighted by molar-refractivity contribution is 5.91. The zero-order chi connectivity index (χ0) is 21.0. The molecule has 0 aliphatic heterocycles. The molecule has 0 saturated heterocycles. The second-order valence-electron chi connectivity index (χ2n) is 7.72. The van der Waals surface area contributed by atoms with E-state index in [1.165, 1.54) is 0 Å². The molecule has 9 nitrogen and oxygen atoms in total. The van der Waals surface area contributed by atoms with Crippen LogP contribution in [0, 0.1) is 0 Å². The number of carbonyl (C=O) groups is 2. The van der Waals surface area contributed by atoms with Crippen molar-refractivity contribution in [2.45, 2.75) is 45.4 Å². The van der Waals surface area contributed by atoms with Crippen molar-refractivity contribution in [3.8, 4) is 5.69 Å². The van der Waals surface area contributed by atoms with Crippen LogP contribution in [0.1, 0.15) is 55.8 Å². The highest BCUT2D eigenvalue weighted by atomic mass is 16.5. The van der Waals surface area contributed by atoms with E-state index in [1.807, 2.05) is 20.8 Å². The number of amides is 2. The van der Waals surface area contributed by atoms with Crippen LogP contribution in [0.4, 0.5) is 5.69 Å². The number of nitrogens with zero attached hydrogens (tertiary/aromatic N) is 4. The van der Waals surface area contributed by atoms with Crippen molar-refractivity contribution in [3.05, 3.63) is 53.9 Å². The SMILES string of the molecule is CC(C)(C)c1noc(CCCC(=O)Nc2ccc(-n3ccc(C(N)=O)n3)cc2)n1. The summed E-state index contributed by atoms with van der Waals surface area (Å²) in [4.78, 5) is 27.6. The third-order valence-corrected chi connectivity index (χ3v) is 4.19. The maximum Gasteiger partial charge on any atom is 0.269 e. The lowest BCUT2D eigenvalue weighted by Gasteiger charge is -2.10. The lowest BCUT2D eigenvalue weighted by Crippen LogP contribution is -2.13. The van der Waals surface area contributed by atoms with Gasteiger partial charge in [0.25, 0.3) is 5.91 Å². The monoisotopic (exact) mass is 396 g/mol. The van der Waals surface area contributed by atoms with Gasteiger partial charge in [-0.15, -0.1) is 0 Å². The van der Waals surface area contributed by atoms with Crippen molar-refractivity contribution in [1.29, 1.82) is 0 Å². The summed E-state index contributed by atoms with van der Waals surface area (Å²) in [6.07, 6.45) is 3.15. The lowest BCUT2D eigenvalue weighted by atomic mass is 9.96. The van der Waals surface area contributed by atoms with E-state index in [2.05, 4.69) is 20.6 Å². The third-order valence-electron chi connectivity index (χ3n) is 4.19. The number of rotatable bonds is 7. The number of carbonyl (C=O) groups excluding carboxylic acids is 2. The Morgan fingerprint density at radius 1 is 1.17 bits per heavy atom. The first-order valence-corrected chi connectivity index (χ1v) is 9.31. The molecule has 0 atom stereocenters. The Kier molecular flexibility index (Phi) is 5.76. The van der Waals surface area contributed by atoms with Crippen LogP contribution in [0.5, 0.6) is 0 Å². The minimum atomic E-state index is -0.581. The number of hydrogen-bond donors (Lipinski definition) is 2. The van der Waals surface area contributed by atoms with Crippen molar-refractivity contribution in [2.75, 3.05) is 5.32 Å². The fourth-order valence-corrected chi connectivity index (χ4v) is 2.58. The van der Waals surface area contributed by atoms with Gasteiger partial charge >= 0.3 is 0 Å². The fourth-order valence-electron chi connectivity index (χ4n) is 2.58. The summed E-state index contributed by atoms with van der Waals surface area (Å²) >= 11 is 0. The van der Waals surface area contributed by atoms with Crippen LogP contribution in [0.25, 0.3) is 5.69 Å². The molecule has 3 rings (SSSR count). The molecule has 1 aromatic carbocycles. The van der Waals surface area contributed by atoms with Crippen LogP contribution >= 0.6 is 0 Å². The fraction of sp³-hybridized carbons (Fsp3) is 0.350. The first-order chi connectivity index (χ1) is 13.7. The number of nitrogens with one attached hydrogen (secondary N) is 1. The average molecular weight is 396 g/mol. The van der Waals surface area contributed by atoms with E-state index >= 15 is 0 Å².